The zero-order valence-electron chi connectivity index (χ0n) is 12.0. The van der Waals surface area contributed by atoms with Gasteiger partial charge in [-0.1, -0.05) is 0 Å². The summed E-state index contributed by atoms with van der Waals surface area (Å²) in [6.45, 7) is 2.68. The average molecular weight is 278 g/mol. The molecule has 19 heavy (non-hydrogen) atoms. The molecule has 7 nitrogen and oxygen atoms in total. The molecule has 0 bridgehead atoms. The lowest BCUT2D eigenvalue weighted by atomic mass is 10.1. The number of hydrogen-bond acceptors (Lipinski definition) is 7. The van der Waals surface area contributed by atoms with Gasteiger partial charge in [-0.2, -0.15) is 0 Å². The molecule has 0 heterocycles. The maximum atomic E-state index is 10.8. The van der Waals surface area contributed by atoms with Crippen LogP contribution in [0.3, 0.4) is 0 Å². The summed E-state index contributed by atoms with van der Waals surface area (Å²) < 4.78 is 25.5. The molecule has 0 aliphatic carbocycles. The van der Waals surface area contributed by atoms with Gasteiger partial charge in [0, 0.05) is 35.2 Å². The summed E-state index contributed by atoms with van der Waals surface area (Å²) in [4.78, 5) is 21.6. The highest BCUT2D eigenvalue weighted by Gasteiger charge is 2.31. The first-order chi connectivity index (χ1) is 8.96. The molecule has 0 aliphatic heterocycles. The molecule has 0 N–H and O–H groups in total. The van der Waals surface area contributed by atoms with Crippen LogP contribution >= 0.6 is 0 Å². The molecule has 0 aromatic carbocycles. The van der Waals surface area contributed by atoms with E-state index in [4.69, 9.17) is 23.7 Å². The van der Waals surface area contributed by atoms with Gasteiger partial charge in [0.05, 0.1) is 0 Å². The fourth-order valence-corrected chi connectivity index (χ4v) is 1.54. The van der Waals surface area contributed by atoms with E-state index >= 15 is 0 Å². The number of ether oxygens (including phenoxy) is 5. The number of methoxy groups -OCH3 is 3. The number of hydrogen-bond donors (Lipinski definition) is 0. The monoisotopic (exact) mass is 278 g/mol. The third kappa shape index (κ3) is 7.09. The normalized spacial score (nSPS) is 14.0. The van der Waals surface area contributed by atoms with E-state index < -0.39 is 30.3 Å². The van der Waals surface area contributed by atoms with E-state index in [1.165, 1.54) is 35.2 Å². The van der Waals surface area contributed by atoms with Crippen molar-refractivity contribution in [3.63, 3.8) is 0 Å². The molecule has 0 aromatic heterocycles. The lowest BCUT2D eigenvalue weighted by Gasteiger charge is -2.30. The van der Waals surface area contributed by atoms with Crippen LogP contribution in [-0.2, 0) is 33.3 Å². The first-order valence-electron chi connectivity index (χ1n) is 5.81. The van der Waals surface area contributed by atoms with Crippen LogP contribution in [-0.4, -0.2) is 64.8 Å². The Bertz CT molecular complexity index is 253. The van der Waals surface area contributed by atoms with Crippen LogP contribution in [0.1, 0.15) is 13.8 Å². The average Bonchev–Trinajstić information content (AvgIpc) is 2.36. The van der Waals surface area contributed by atoms with Gasteiger partial charge in [-0.3, -0.25) is 9.59 Å². The van der Waals surface area contributed by atoms with Gasteiger partial charge in [0.25, 0.3) is 0 Å². The zero-order chi connectivity index (χ0) is 14.8. The van der Waals surface area contributed by atoms with E-state index in [0.29, 0.717) is 0 Å². The maximum absolute atomic E-state index is 10.8. The summed E-state index contributed by atoms with van der Waals surface area (Å²) in [5, 5.41) is 0. The van der Waals surface area contributed by atoms with Crippen molar-refractivity contribution < 1.29 is 33.3 Å². The molecule has 7 heteroatoms. The first kappa shape index (κ1) is 17.8. The van der Waals surface area contributed by atoms with E-state index in [9.17, 15) is 9.59 Å². The summed E-state index contributed by atoms with van der Waals surface area (Å²) in [5.74, 6) is -0.822. The highest BCUT2D eigenvalue weighted by atomic mass is 16.6. The summed E-state index contributed by atoms with van der Waals surface area (Å²) in [7, 11) is 4.42. The molecule has 0 saturated heterocycles. The smallest absolute Gasteiger partial charge is 0.302 e. The van der Waals surface area contributed by atoms with Gasteiger partial charge in [0.2, 0.25) is 0 Å². The van der Waals surface area contributed by atoms with Gasteiger partial charge in [0.1, 0.15) is 31.5 Å². The molecule has 0 fully saturated rings. The molecular formula is C12H22O7. The van der Waals surface area contributed by atoms with Gasteiger partial charge in [-0.05, 0) is 0 Å². The van der Waals surface area contributed by atoms with Crippen LogP contribution in [0.5, 0.6) is 0 Å². The molecular weight excluding hydrogens is 256 g/mol. The number of rotatable bonds is 9. The minimum atomic E-state index is -0.534. The molecule has 0 radical (unpaired) electrons. The Morgan fingerprint density at radius 1 is 0.789 bits per heavy atom. The fraction of sp³-hybridized carbons (Fsp3) is 0.833. The number of carbonyl (C=O) groups is 2. The SMILES string of the molecule is COC([C@@H](COC(C)=O)OC)[C@@H](COC(C)=O)OC. The van der Waals surface area contributed by atoms with Crippen molar-refractivity contribution in [2.75, 3.05) is 34.5 Å². The third-order valence-corrected chi connectivity index (χ3v) is 2.51. The molecule has 2 atom stereocenters. The van der Waals surface area contributed by atoms with Crippen LogP contribution in [0, 0.1) is 0 Å². The number of carbonyl (C=O) groups excluding carboxylic acids is 2. The van der Waals surface area contributed by atoms with Crippen LogP contribution < -0.4 is 0 Å². The summed E-state index contributed by atoms with van der Waals surface area (Å²) >= 11 is 0. The van der Waals surface area contributed by atoms with Gasteiger partial charge >= 0.3 is 11.9 Å². The van der Waals surface area contributed by atoms with E-state index in [1.807, 2.05) is 0 Å². The summed E-state index contributed by atoms with van der Waals surface area (Å²) in [6, 6.07) is 0. The lowest BCUT2D eigenvalue weighted by molar-refractivity contribution is -0.164. The van der Waals surface area contributed by atoms with Gasteiger partial charge in [0.15, 0.2) is 0 Å². The van der Waals surface area contributed by atoms with E-state index in [2.05, 4.69) is 0 Å². The van der Waals surface area contributed by atoms with Crippen molar-refractivity contribution in [1.82, 2.24) is 0 Å². The Morgan fingerprint density at radius 3 is 1.37 bits per heavy atom. The van der Waals surface area contributed by atoms with Gasteiger partial charge in [-0.15, -0.1) is 0 Å². The van der Waals surface area contributed by atoms with E-state index in [0.717, 1.165) is 0 Å². The van der Waals surface area contributed by atoms with Crippen molar-refractivity contribution in [2.24, 2.45) is 0 Å². The van der Waals surface area contributed by atoms with Crippen LogP contribution in [0.2, 0.25) is 0 Å². The Balaban J connectivity index is 4.59. The molecule has 112 valence electrons. The quantitative estimate of drug-likeness (QED) is 0.556. The second-order valence-corrected chi connectivity index (χ2v) is 3.85. The number of esters is 2. The first-order valence-corrected chi connectivity index (χ1v) is 5.81. The maximum Gasteiger partial charge on any atom is 0.302 e. The Labute approximate surface area is 113 Å². The molecule has 0 unspecified atom stereocenters. The van der Waals surface area contributed by atoms with Crippen LogP contribution in [0.25, 0.3) is 0 Å². The predicted molar refractivity (Wildman–Crippen MR) is 65.7 cm³/mol. The van der Waals surface area contributed by atoms with Crippen molar-refractivity contribution in [3.05, 3.63) is 0 Å². The molecule has 0 amide bonds. The lowest BCUT2D eigenvalue weighted by Crippen LogP contribution is -2.46. The van der Waals surface area contributed by atoms with E-state index in [-0.39, 0.29) is 13.2 Å². The zero-order valence-corrected chi connectivity index (χ0v) is 12.0. The molecule has 0 aromatic rings. The highest BCUT2D eigenvalue weighted by molar-refractivity contribution is 5.66. The van der Waals surface area contributed by atoms with Gasteiger partial charge in [-0.25, -0.2) is 0 Å². The highest BCUT2D eigenvalue weighted by Crippen LogP contribution is 2.12. The molecule has 0 rings (SSSR count). The minimum Gasteiger partial charge on any atom is -0.463 e. The largest absolute Gasteiger partial charge is 0.463 e. The topological polar surface area (TPSA) is 80.3 Å². The minimum absolute atomic E-state index is 0.0320. The Kier molecular flexibility index (Phi) is 9.11. The summed E-state index contributed by atoms with van der Waals surface area (Å²) in [6.07, 6.45) is -1.57. The van der Waals surface area contributed by atoms with Crippen molar-refractivity contribution >= 4 is 11.9 Å². The third-order valence-electron chi connectivity index (χ3n) is 2.51. The second kappa shape index (κ2) is 9.71. The fourth-order valence-electron chi connectivity index (χ4n) is 1.54. The molecule has 0 aliphatic rings. The standard InChI is InChI=1S/C12H22O7/c1-8(13)18-6-10(15-3)12(17-5)11(16-4)7-19-9(2)14/h10-12H,6-7H2,1-5H3/t10-,11-/m1/s1. The van der Waals surface area contributed by atoms with E-state index in [1.54, 1.807) is 0 Å². The Hall–Kier alpha value is -1.18. The Morgan fingerprint density at radius 2 is 1.16 bits per heavy atom. The van der Waals surface area contributed by atoms with Crippen molar-refractivity contribution in [2.45, 2.75) is 32.2 Å². The summed E-state index contributed by atoms with van der Waals surface area (Å²) in [5.41, 5.74) is 0. The molecule has 0 spiro atoms. The van der Waals surface area contributed by atoms with Crippen molar-refractivity contribution in [1.29, 1.82) is 0 Å². The van der Waals surface area contributed by atoms with Crippen LogP contribution in [0.4, 0.5) is 0 Å². The van der Waals surface area contributed by atoms with Gasteiger partial charge < -0.3 is 23.7 Å². The van der Waals surface area contributed by atoms with Crippen LogP contribution in [0.15, 0.2) is 0 Å². The molecule has 0 saturated carbocycles. The predicted octanol–water partition coefficient (Wildman–Crippen LogP) is 0.158. The second-order valence-electron chi connectivity index (χ2n) is 3.85. The van der Waals surface area contributed by atoms with Crippen molar-refractivity contribution in [3.8, 4) is 0 Å².